The van der Waals surface area contributed by atoms with Crippen LogP contribution in [0.15, 0.2) is 72.3 Å². The molecule has 0 radical (unpaired) electrons. The highest BCUT2D eigenvalue weighted by molar-refractivity contribution is 6.26. The fourth-order valence-electron chi connectivity index (χ4n) is 3.85. The molecule has 0 aliphatic carbocycles. The summed E-state index contributed by atoms with van der Waals surface area (Å²) in [6, 6.07) is 18.8. The van der Waals surface area contributed by atoms with Crippen LogP contribution in [0.1, 0.15) is 34.8 Å². The average Bonchev–Trinajstić information content (AvgIpc) is 3.35. The van der Waals surface area contributed by atoms with E-state index in [1.165, 1.54) is 7.11 Å². The number of ketones is 1. The smallest absolute Gasteiger partial charge is 0.336 e. The molecule has 1 aliphatic heterocycles. The van der Waals surface area contributed by atoms with E-state index >= 15 is 0 Å². The minimum atomic E-state index is -1.21. The molecule has 0 spiro atoms. The van der Waals surface area contributed by atoms with Crippen LogP contribution in [0.25, 0.3) is 5.57 Å². The van der Waals surface area contributed by atoms with Crippen molar-refractivity contribution in [3.63, 3.8) is 0 Å². The number of ether oxygens (including phenoxy) is 4. The van der Waals surface area contributed by atoms with Crippen molar-refractivity contribution in [1.82, 2.24) is 0 Å². The second-order valence-electron chi connectivity index (χ2n) is 7.96. The highest BCUT2D eigenvalue weighted by Crippen LogP contribution is 2.36. The van der Waals surface area contributed by atoms with Gasteiger partial charge < -0.3 is 24.1 Å². The minimum Gasteiger partial charge on any atom is -0.497 e. The second kappa shape index (κ2) is 10.8. The molecule has 1 aliphatic rings. The molecule has 0 amide bonds. The molecule has 0 saturated carbocycles. The van der Waals surface area contributed by atoms with Crippen molar-refractivity contribution in [1.29, 1.82) is 0 Å². The van der Waals surface area contributed by atoms with E-state index in [9.17, 15) is 14.7 Å². The van der Waals surface area contributed by atoms with Crippen molar-refractivity contribution in [2.45, 2.75) is 19.8 Å². The van der Waals surface area contributed by atoms with E-state index in [0.717, 1.165) is 12.0 Å². The predicted octanol–water partition coefficient (Wildman–Crippen LogP) is 5.18. The number of aliphatic carboxylic acids is 1. The molecule has 4 rings (SSSR count). The van der Waals surface area contributed by atoms with Crippen LogP contribution in [0, 0.1) is 0 Å². The van der Waals surface area contributed by atoms with Crippen LogP contribution < -0.4 is 18.9 Å². The maximum absolute atomic E-state index is 13.7. The van der Waals surface area contributed by atoms with Gasteiger partial charge in [0.1, 0.15) is 11.5 Å². The summed E-state index contributed by atoms with van der Waals surface area (Å²) in [5.41, 5.74) is 1.53. The van der Waals surface area contributed by atoms with Crippen molar-refractivity contribution >= 4 is 17.3 Å². The first-order valence-electron chi connectivity index (χ1n) is 11.3. The van der Waals surface area contributed by atoms with E-state index in [4.69, 9.17) is 18.9 Å². The van der Waals surface area contributed by atoms with Gasteiger partial charge in [0.15, 0.2) is 17.3 Å². The molecule has 0 unspecified atom stereocenters. The average molecular weight is 475 g/mol. The number of carbonyl (C=O) groups excluding carboxylic acids is 1. The molecular formula is C28H26O7. The summed E-state index contributed by atoms with van der Waals surface area (Å²) in [5, 5.41) is 10.2. The van der Waals surface area contributed by atoms with Crippen molar-refractivity contribution in [3.8, 4) is 23.0 Å². The molecule has 180 valence electrons. The van der Waals surface area contributed by atoms with Gasteiger partial charge in [-0.05, 0) is 66.1 Å². The van der Waals surface area contributed by atoms with Crippen LogP contribution in [0.3, 0.4) is 0 Å². The molecule has 7 nitrogen and oxygen atoms in total. The molecule has 1 N–H and O–H groups in total. The topological polar surface area (TPSA) is 91.3 Å². The Bertz CT molecular complexity index is 1260. The van der Waals surface area contributed by atoms with Gasteiger partial charge in [0, 0.05) is 17.6 Å². The van der Waals surface area contributed by atoms with Crippen molar-refractivity contribution in [3.05, 3.63) is 89.0 Å². The lowest BCUT2D eigenvalue weighted by Crippen LogP contribution is -2.14. The number of methoxy groups -OCH3 is 1. The quantitative estimate of drug-likeness (QED) is 0.320. The van der Waals surface area contributed by atoms with Crippen LogP contribution in [-0.4, -0.2) is 37.4 Å². The van der Waals surface area contributed by atoms with Gasteiger partial charge in [-0.15, -0.1) is 0 Å². The summed E-state index contributed by atoms with van der Waals surface area (Å²) in [5.74, 6) is 0.638. The number of carboxylic acids is 1. The second-order valence-corrected chi connectivity index (χ2v) is 7.96. The third-order valence-corrected chi connectivity index (χ3v) is 5.56. The fourth-order valence-corrected chi connectivity index (χ4v) is 3.85. The maximum Gasteiger partial charge on any atom is 0.336 e. The molecule has 0 atom stereocenters. The number of rotatable bonds is 10. The lowest BCUT2D eigenvalue weighted by molar-refractivity contribution is -0.130. The molecule has 1 heterocycles. The molecule has 35 heavy (non-hydrogen) atoms. The van der Waals surface area contributed by atoms with Gasteiger partial charge in [-0.3, -0.25) is 4.79 Å². The van der Waals surface area contributed by atoms with Crippen LogP contribution in [-0.2, 0) is 11.2 Å². The van der Waals surface area contributed by atoms with Gasteiger partial charge in [-0.25, -0.2) is 4.79 Å². The van der Waals surface area contributed by atoms with Crippen LogP contribution >= 0.6 is 0 Å². The highest BCUT2D eigenvalue weighted by Gasteiger charge is 2.26. The largest absolute Gasteiger partial charge is 0.497 e. The summed E-state index contributed by atoms with van der Waals surface area (Å²) in [4.78, 5) is 26.3. The predicted molar refractivity (Wildman–Crippen MR) is 130 cm³/mol. The number of carbonyl (C=O) groups is 2. The SMILES string of the molecule is CCCOc1cccc(CC(C(=O)c2ccc(OC)cc2)=C(C(=O)O)c2ccc3c(c2)OCO3)c1. The summed E-state index contributed by atoms with van der Waals surface area (Å²) < 4.78 is 21.7. The Hall–Kier alpha value is -4.26. The molecule has 0 bridgehead atoms. The monoisotopic (exact) mass is 474 g/mol. The van der Waals surface area contributed by atoms with E-state index in [1.807, 2.05) is 31.2 Å². The summed E-state index contributed by atoms with van der Waals surface area (Å²) >= 11 is 0. The Labute approximate surface area is 203 Å². The summed E-state index contributed by atoms with van der Waals surface area (Å²) in [7, 11) is 1.54. The Balaban J connectivity index is 1.82. The Morgan fingerprint density at radius 3 is 2.37 bits per heavy atom. The van der Waals surface area contributed by atoms with E-state index < -0.39 is 5.97 Å². The standard InChI is InChI=1S/C28H26O7/c1-3-13-33-22-6-4-5-18(14-22)15-23(27(29)19-7-10-21(32-2)11-8-19)26(28(30)31)20-9-12-24-25(16-20)35-17-34-24/h4-12,14,16H,3,13,15,17H2,1-2H3,(H,30,31). The van der Waals surface area contributed by atoms with Gasteiger partial charge in [-0.2, -0.15) is 0 Å². The Morgan fingerprint density at radius 1 is 0.914 bits per heavy atom. The number of hydrogen-bond donors (Lipinski definition) is 1. The maximum atomic E-state index is 13.7. The first-order valence-corrected chi connectivity index (χ1v) is 11.3. The van der Waals surface area contributed by atoms with E-state index in [2.05, 4.69) is 0 Å². The molecule has 3 aromatic rings. The van der Waals surface area contributed by atoms with Gasteiger partial charge in [0.25, 0.3) is 0 Å². The van der Waals surface area contributed by atoms with Gasteiger partial charge in [0.05, 0.1) is 19.3 Å². The highest BCUT2D eigenvalue weighted by atomic mass is 16.7. The van der Waals surface area contributed by atoms with E-state index in [0.29, 0.717) is 40.7 Å². The zero-order valence-corrected chi connectivity index (χ0v) is 19.6. The Morgan fingerprint density at radius 2 is 1.66 bits per heavy atom. The normalized spacial score (nSPS) is 12.6. The van der Waals surface area contributed by atoms with E-state index in [-0.39, 0.29) is 30.1 Å². The van der Waals surface area contributed by atoms with Crippen molar-refractivity contribution < 1.29 is 33.6 Å². The number of allylic oxidation sites excluding steroid dienone is 1. The molecule has 7 heteroatoms. The van der Waals surface area contributed by atoms with Crippen LogP contribution in [0.2, 0.25) is 0 Å². The molecular weight excluding hydrogens is 448 g/mol. The molecule has 0 aromatic heterocycles. The minimum absolute atomic E-state index is 0.0626. The third-order valence-electron chi connectivity index (χ3n) is 5.56. The third kappa shape index (κ3) is 5.46. The Kier molecular flexibility index (Phi) is 7.35. The zero-order valence-electron chi connectivity index (χ0n) is 19.6. The number of hydrogen-bond acceptors (Lipinski definition) is 6. The van der Waals surface area contributed by atoms with Crippen molar-refractivity contribution in [2.75, 3.05) is 20.5 Å². The summed E-state index contributed by atoms with van der Waals surface area (Å²) in [6.45, 7) is 2.64. The van der Waals surface area contributed by atoms with Crippen molar-refractivity contribution in [2.24, 2.45) is 0 Å². The van der Waals surface area contributed by atoms with Gasteiger partial charge in [0.2, 0.25) is 6.79 Å². The van der Waals surface area contributed by atoms with Gasteiger partial charge >= 0.3 is 5.97 Å². The zero-order chi connectivity index (χ0) is 24.8. The number of Topliss-reactive ketones (excluding diaryl/α,β-unsaturated/α-hetero) is 1. The lowest BCUT2D eigenvalue weighted by atomic mass is 9.89. The fraction of sp³-hybridized carbons (Fsp3) is 0.214. The van der Waals surface area contributed by atoms with Crippen LogP contribution in [0.5, 0.6) is 23.0 Å². The van der Waals surface area contributed by atoms with E-state index in [1.54, 1.807) is 42.5 Å². The number of benzene rings is 3. The first-order chi connectivity index (χ1) is 17.0. The number of carboxylic acid groups (broad SMARTS) is 1. The summed E-state index contributed by atoms with van der Waals surface area (Å²) in [6.07, 6.45) is 0.961. The lowest BCUT2D eigenvalue weighted by Gasteiger charge is -2.14. The molecule has 0 fully saturated rings. The molecule has 0 saturated heterocycles. The van der Waals surface area contributed by atoms with Gasteiger partial charge in [-0.1, -0.05) is 25.1 Å². The van der Waals surface area contributed by atoms with Crippen LogP contribution in [0.4, 0.5) is 0 Å². The molecule has 3 aromatic carbocycles. The number of fused-ring (bicyclic) bond motifs is 1. The first kappa shape index (κ1) is 23.9.